The van der Waals surface area contributed by atoms with Gasteiger partial charge in [-0.3, -0.25) is 24.4 Å². The molecule has 6 N–H and O–H groups in total. The standard InChI is InChI=1S/C42H47N9O5.CH3NO.CH5N/c1-8-31-39(56-27(5)44-31)41(53)47-42-46-33-22-28(24-52)23-36(55-18-12-15-43-6)38(33)50(42)17-11-10-16-49-37-30(19-25(3)20-35(37)54-7)29-13-14-32(45-40(29)49)34-21-26(4)48-51(34)9-2;2-1-3;1-2/h10-11,13-14,19-24,43H,8-9,12,15-18H2,1-7H3,(H,46,47,53);1H,(H2,2,3);2H2,1H3/b11-10+;;. The first-order valence-corrected chi connectivity index (χ1v) is 20.0. The Labute approximate surface area is 354 Å². The van der Waals surface area contributed by atoms with E-state index >= 15 is 0 Å². The Morgan fingerprint density at radius 2 is 1.66 bits per heavy atom. The van der Waals surface area contributed by atoms with Gasteiger partial charge in [-0.2, -0.15) is 5.10 Å². The second-order valence-corrected chi connectivity index (χ2v) is 13.8. The van der Waals surface area contributed by atoms with Crippen LogP contribution in [0.1, 0.15) is 64.0 Å². The molecule has 2 amide bonds. The lowest BCUT2D eigenvalue weighted by Gasteiger charge is -2.12. The molecule has 0 bridgehead atoms. The third kappa shape index (κ3) is 9.80. The number of primary amides is 1. The molecule has 7 rings (SSSR count). The van der Waals surface area contributed by atoms with Gasteiger partial charge in [0.2, 0.25) is 18.1 Å². The number of aromatic nitrogens is 7. The van der Waals surface area contributed by atoms with Gasteiger partial charge >= 0.3 is 0 Å². The van der Waals surface area contributed by atoms with Crippen molar-refractivity contribution in [3.63, 3.8) is 0 Å². The van der Waals surface area contributed by atoms with E-state index < -0.39 is 5.91 Å². The van der Waals surface area contributed by atoms with E-state index in [2.05, 4.69) is 80.9 Å². The van der Waals surface area contributed by atoms with Gasteiger partial charge in [0.25, 0.3) is 5.91 Å². The molecule has 0 saturated carbocycles. The number of pyridine rings is 1. The summed E-state index contributed by atoms with van der Waals surface area (Å²) in [5, 5.41) is 12.8. The van der Waals surface area contributed by atoms with Gasteiger partial charge in [0.15, 0.2) is 5.89 Å². The number of hydrogen-bond acceptors (Lipinski definition) is 12. The molecule has 0 aliphatic heterocycles. The van der Waals surface area contributed by atoms with E-state index in [0.29, 0.717) is 60.0 Å². The lowest BCUT2D eigenvalue weighted by molar-refractivity contribution is -0.106. The van der Waals surface area contributed by atoms with Crippen LogP contribution in [0.5, 0.6) is 11.5 Å². The highest BCUT2D eigenvalue weighted by Crippen LogP contribution is 2.37. The molecule has 5 aromatic heterocycles. The first-order chi connectivity index (χ1) is 29.6. The minimum absolute atomic E-state index is 0.135. The van der Waals surface area contributed by atoms with Crippen molar-refractivity contribution in [3.8, 4) is 22.9 Å². The number of oxazole rings is 1. The molecule has 0 unspecified atom stereocenters. The molecule has 0 radical (unpaired) electrons. The van der Waals surface area contributed by atoms with Crippen LogP contribution in [0.15, 0.2) is 59.0 Å². The Balaban J connectivity index is 0.00000135. The minimum Gasteiger partial charge on any atom is -0.495 e. The average Bonchev–Trinajstić information content (AvgIpc) is 4.02. The molecule has 61 heavy (non-hydrogen) atoms. The first-order valence-electron chi connectivity index (χ1n) is 20.0. The number of aryl methyl sites for hydroxylation is 5. The molecule has 7 aromatic rings. The molecule has 2 aromatic carbocycles. The molecule has 17 heteroatoms. The van der Waals surface area contributed by atoms with E-state index in [1.165, 1.54) is 7.05 Å². The summed E-state index contributed by atoms with van der Waals surface area (Å²) in [6.07, 6.45) is 6.37. The maximum Gasteiger partial charge on any atom is 0.295 e. The van der Waals surface area contributed by atoms with Crippen molar-refractivity contribution in [2.24, 2.45) is 11.5 Å². The Morgan fingerprint density at radius 1 is 0.918 bits per heavy atom. The fraction of sp³-hybridized carbons (Fsp3) is 0.341. The molecular formula is C44H55N11O6. The van der Waals surface area contributed by atoms with Crippen molar-refractivity contribution < 1.29 is 28.3 Å². The van der Waals surface area contributed by atoms with Crippen LogP contribution >= 0.6 is 0 Å². The molecule has 0 fully saturated rings. The number of methoxy groups -OCH3 is 1. The first kappa shape index (κ1) is 45.2. The lowest BCUT2D eigenvalue weighted by Crippen LogP contribution is -2.17. The van der Waals surface area contributed by atoms with E-state index in [0.717, 1.165) is 76.1 Å². The van der Waals surface area contributed by atoms with Crippen molar-refractivity contribution in [2.75, 3.05) is 39.7 Å². The number of aldehydes is 1. The van der Waals surface area contributed by atoms with E-state index in [1.54, 1.807) is 26.2 Å². The van der Waals surface area contributed by atoms with Crippen molar-refractivity contribution >= 4 is 57.5 Å². The highest BCUT2D eigenvalue weighted by Gasteiger charge is 2.23. The number of hydrogen-bond donors (Lipinski definition) is 4. The Kier molecular flexibility index (Phi) is 15.5. The number of carbonyl (C=O) groups excluding carboxylic acids is 3. The van der Waals surface area contributed by atoms with Crippen molar-refractivity contribution in [2.45, 2.75) is 67.1 Å². The van der Waals surface area contributed by atoms with Crippen molar-refractivity contribution in [1.82, 2.24) is 39.2 Å². The molecule has 5 heterocycles. The fourth-order valence-corrected chi connectivity index (χ4v) is 7.21. The highest BCUT2D eigenvalue weighted by atomic mass is 16.5. The number of benzene rings is 2. The number of carbonyl (C=O) groups is 3. The second-order valence-electron chi connectivity index (χ2n) is 13.8. The van der Waals surface area contributed by atoms with Gasteiger partial charge in [-0.15, -0.1) is 0 Å². The van der Waals surface area contributed by atoms with Gasteiger partial charge in [0.05, 0.1) is 47.5 Å². The quantitative estimate of drug-likeness (QED) is 0.0508. The molecule has 0 aliphatic carbocycles. The van der Waals surface area contributed by atoms with Crippen LogP contribution in [0.25, 0.3) is 44.4 Å². The Hall–Kier alpha value is -6.85. The number of anilines is 1. The monoisotopic (exact) mass is 833 g/mol. The van der Waals surface area contributed by atoms with Crippen LogP contribution in [-0.4, -0.2) is 86.8 Å². The summed E-state index contributed by atoms with van der Waals surface area (Å²) in [5.41, 5.74) is 16.4. The van der Waals surface area contributed by atoms with E-state index in [-0.39, 0.29) is 18.1 Å². The summed E-state index contributed by atoms with van der Waals surface area (Å²) in [7, 11) is 5.07. The number of fused-ring (bicyclic) bond motifs is 4. The molecule has 0 spiro atoms. The average molecular weight is 834 g/mol. The maximum atomic E-state index is 13.6. The van der Waals surface area contributed by atoms with Gasteiger partial charge in [-0.1, -0.05) is 19.1 Å². The third-order valence-electron chi connectivity index (χ3n) is 9.70. The maximum absolute atomic E-state index is 13.6. The zero-order valence-corrected chi connectivity index (χ0v) is 36.0. The number of nitrogens with zero attached hydrogens (tertiary/aromatic N) is 7. The predicted octanol–water partition coefficient (Wildman–Crippen LogP) is 5.89. The predicted molar refractivity (Wildman–Crippen MR) is 237 cm³/mol. The van der Waals surface area contributed by atoms with Gasteiger partial charge in [0, 0.05) is 42.9 Å². The summed E-state index contributed by atoms with van der Waals surface area (Å²) in [4.78, 5) is 48.6. The summed E-state index contributed by atoms with van der Waals surface area (Å²) in [5.74, 6) is 1.60. The number of imidazole rings is 1. The zero-order valence-electron chi connectivity index (χ0n) is 36.0. The summed E-state index contributed by atoms with van der Waals surface area (Å²) in [6.45, 7) is 12.4. The number of ether oxygens (including phenoxy) is 2. The smallest absolute Gasteiger partial charge is 0.295 e. The third-order valence-corrected chi connectivity index (χ3v) is 9.70. The molecule has 0 saturated heterocycles. The fourth-order valence-electron chi connectivity index (χ4n) is 7.21. The minimum atomic E-state index is -0.468. The van der Waals surface area contributed by atoms with Crippen molar-refractivity contribution in [3.05, 3.63) is 88.8 Å². The summed E-state index contributed by atoms with van der Waals surface area (Å²) in [6, 6.07) is 13.8. The zero-order chi connectivity index (χ0) is 44.2. The van der Waals surface area contributed by atoms with Crippen LogP contribution < -0.4 is 31.6 Å². The SMILES string of the molecule is CCc1nc(C)oc1C(=O)Nc1nc2cc(C=O)cc(OCCCNC)c2n1C/C=C/Cn1c2nc(-c3cc(C)nn3CC)ccc2c2cc(C)cc(OC)c21.CN.NC=O. The van der Waals surface area contributed by atoms with Crippen LogP contribution in [0.3, 0.4) is 0 Å². The number of allylic oxidation sites excluding steroid dienone is 2. The van der Waals surface area contributed by atoms with Gasteiger partial charge in [-0.05, 0) is 102 Å². The normalized spacial score (nSPS) is 11.1. The van der Waals surface area contributed by atoms with Gasteiger partial charge < -0.3 is 39.8 Å². The largest absolute Gasteiger partial charge is 0.495 e. The number of nitrogens with one attached hydrogen (secondary N) is 2. The second kappa shape index (κ2) is 20.9. The van der Waals surface area contributed by atoms with Crippen LogP contribution in [0, 0.1) is 20.8 Å². The number of rotatable bonds is 16. The molecular weight excluding hydrogens is 779 g/mol. The van der Waals surface area contributed by atoms with Crippen molar-refractivity contribution in [1.29, 1.82) is 0 Å². The molecule has 17 nitrogen and oxygen atoms in total. The van der Waals surface area contributed by atoms with E-state index in [1.807, 2.05) is 42.3 Å². The van der Waals surface area contributed by atoms with Gasteiger partial charge in [-0.25, -0.2) is 15.0 Å². The van der Waals surface area contributed by atoms with Crippen LogP contribution in [-0.2, 0) is 30.8 Å². The summed E-state index contributed by atoms with van der Waals surface area (Å²) < 4.78 is 23.9. The number of nitrogens with two attached hydrogens (primary N) is 2. The Bertz CT molecular complexity index is 2670. The van der Waals surface area contributed by atoms with Crippen LogP contribution in [0.4, 0.5) is 5.95 Å². The highest BCUT2D eigenvalue weighted by molar-refractivity contribution is 6.09. The number of amides is 2. The van der Waals surface area contributed by atoms with Crippen LogP contribution in [0.2, 0.25) is 0 Å². The summed E-state index contributed by atoms with van der Waals surface area (Å²) >= 11 is 0. The van der Waals surface area contributed by atoms with Gasteiger partial charge in [0.1, 0.15) is 28.9 Å². The topological polar surface area (TPSA) is 225 Å². The molecule has 0 atom stereocenters. The molecule has 322 valence electrons. The molecule has 0 aliphatic rings. The lowest BCUT2D eigenvalue weighted by atomic mass is 10.1. The van der Waals surface area contributed by atoms with E-state index in [4.69, 9.17) is 28.7 Å². The Morgan fingerprint density at radius 3 is 2.33 bits per heavy atom. The van der Waals surface area contributed by atoms with E-state index in [9.17, 15) is 9.59 Å².